The highest BCUT2D eigenvalue weighted by Crippen LogP contribution is 2.32. The molecule has 0 heterocycles. The molecule has 0 amide bonds. The molecule has 0 aliphatic heterocycles. The molecule has 1 aromatic carbocycles. The van der Waals surface area contributed by atoms with E-state index >= 15 is 0 Å². The number of benzene rings is 1. The first-order valence-corrected chi connectivity index (χ1v) is 5.43. The monoisotopic (exact) mass is 264 g/mol. The molecule has 6 heteroatoms. The molecule has 5 N–H and O–H groups in total. The predicted octanol–water partition coefficient (Wildman–Crippen LogP) is 1.73. The predicted molar refractivity (Wildman–Crippen MR) is 67.1 cm³/mol. The summed E-state index contributed by atoms with van der Waals surface area (Å²) in [5.41, 5.74) is 5.28. The maximum Gasteiger partial charge on any atom is 0.102 e. The average molecular weight is 265 g/mol. The summed E-state index contributed by atoms with van der Waals surface area (Å²) in [7, 11) is 0. The number of aliphatic hydroxyl groups is 2. The summed E-state index contributed by atoms with van der Waals surface area (Å²) in [6.45, 7) is 1.27. The molecule has 1 unspecified atom stereocenters. The lowest BCUT2D eigenvalue weighted by Crippen LogP contribution is -2.37. The second-order valence-electron chi connectivity index (χ2n) is 3.87. The van der Waals surface area contributed by atoms with Crippen LogP contribution in [0.15, 0.2) is 12.1 Å². The molecular formula is C10H14Cl2N2O2. The van der Waals surface area contributed by atoms with E-state index in [1.54, 1.807) is 12.1 Å². The minimum atomic E-state index is -1.23. The number of anilines is 2. The van der Waals surface area contributed by atoms with Crippen molar-refractivity contribution >= 4 is 34.6 Å². The molecule has 0 fully saturated rings. The molecule has 0 radical (unpaired) electrons. The van der Waals surface area contributed by atoms with Crippen LogP contribution >= 0.6 is 23.2 Å². The first kappa shape index (κ1) is 13.4. The SMILES string of the molecule is CC(O)(CO)CNc1c(Cl)cc(N)cc1Cl. The average Bonchev–Trinajstić information content (AvgIpc) is 2.16. The fraction of sp³-hybridized carbons (Fsp3) is 0.400. The maximum absolute atomic E-state index is 9.60. The number of nitrogens with one attached hydrogen (secondary N) is 1. The Kier molecular flexibility index (Phi) is 4.27. The van der Waals surface area contributed by atoms with E-state index in [4.69, 9.17) is 34.0 Å². The minimum Gasteiger partial charge on any atom is -0.399 e. The van der Waals surface area contributed by atoms with E-state index in [0.29, 0.717) is 21.4 Å². The summed E-state index contributed by atoms with van der Waals surface area (Å²) in [5, 5.41) is 22.1. The highest BCUT2D eigenvalue weighted by atomic mass is 35.5. The fourth-order valence-electron chi connectivity index (χ4n) is 1.10. The van der Waals surface area contributed by atoms with Gasteiger partial charge in [0.05, 0.1) is 22.3 Å². The summed E-state index contributed by atoms with van der Waals surface area (Å²) in [6, 6.07) is 3.12. The van der Waals surface area contributed by atoms with E-state index in [9.17, 15) is 5.11 Å². The normalized spacial score (nSPS) is 14.6. The Labute approximate surface area is 104 Å². The van der Waals surface area contributed by atoms with E-state index in [0.717, 1.165) is 0 Å². The maximum atomic E-state index is 9.60. The second kappa shape index (κ2) is 5.10. The van der Waals surface area contributed by atoms with Gasteiger partial charge in [-0.15, -0.1) is 0 Å². The van der Waals surface area contributed by atoms with Gasteiger partial charge in [-0.05, 0) is 19.1 Å². The molecule has 0 aromatic heterocycles. The number of aliphatic hydroxyl groups excluding tert-OH is 1. The van der Waals surface area contributed by atoms with E-state index in [2.05, 4.69) is 5.32 Å². The highest BCUT2D eigenvalue weighted by molar-refractivity contribution is 6.39. The Morgan fingerprint density at radius 1 is 1.38 bits per heavy atom. The second-order valence-corrected chi connectivity index (χ2v) is 4.68. The molecule has 1 aromatic rings. The topological polar surface area (TPSA) is 78.5 Å². The number of halogens is 2. The van der Waals surface area contributed by atoms with Crippen molar-refractivity contribution in [2.24, 2.45) is 0 Å². The summed E-state index contributed by atoms with van der Waals surface area (Å²) in [6.07, 6.45) is 0. The van der Waals surface area contributed by atoms with Gasteiger partial charge in [-0.25, -0.2) is 0 Å². The smallest absolute Gasteiger partial charge is 0.102 e. The molecule has 16 heavy (non-hydrogen) atoms. The van der Waals surface area contributed by atoms with Crippen molar-refractivity contribution < 1.29 is 10.2 Å². The summed E-state index contributed by atoms with van der Waals surface area (Å²) in [5.74, 6) is 0. The lowest BCUT2D eigenvalue weighted by Gasteiger charge is -2.22. The van der Waals surface area contributed by atoms with E-state index < -0.39 is 5.60 Å². The van der Waals surface area contributed by atoms with E-state index in [-0.39, 0.29) is 13.2 Å². The van der Waals surface area contributed by atoms with Gasteiger partial charge in [0.2, 0.25) is 0 Å². The van der Waals surface area contributed by atoms with Crippen molar-refractivity contribution in [1.82, 2.24) is 0 Å². The number of nitrogen functional groups attached to an aromatic ring is 1. The molecular weight excluding hydrogens is 251 g/mol. The summed E-state index contributed by atoms with van der Waals surface area (Å²) < 4.78 is 0. The van der Waals surface area contributed by atoms with Crippen LogP contribution in [0.2, 0.25) is 10.0 Å². The van der Waals surface area contributed by atoms with Crippen molar-refractivity contribution in [3.63, 3.8) is 0 Å². The Morgan fingerprint density at radius 2 is 1.88 bits per heavy atom. The largest absolute Gasteiger partial charge is 0.399 e. The van der Waals surface area contributed by atoms with E-state index in [1.807, 2.05) is 0 Å². The number of rotatable bonds is 4. The third-order valence-electron chi connectivity index (χ3n) is 2.05. The van der Waals surface area contributed by atoms with Crippen LogP contribution < -0.4 is 11.1 Å². The number of nitrogens with two attached hydrogens (primary N) is 1. The molecule has 4 nitrogen and oxygen atoms in total. The van der Waals surface area contributed by atoms with Crippen molar-refractivity contribution in [1.29, 1.82) is 0 Å². The van der Waals surface area contributed by atoms with Gasteiger partial charge in [-0.1, -0.05) is 23.2 Å². The van der Waals surface area contributed by atoms with Crippen molar-refractivity contribution in [3.05, 3.63) is 22.2 Å². The van der Waals surface area contributed by atoms with Crippen LogP contribution in [0.25, 0.3) is 0 Å². The Morgan fingerprint density at radius 3 is 2.31 bits per heavy atom. The third kappa shape index (κ3) is 3.42. The molecule has 0 spiro atoms. The first-order chi connectivity index (χ1) is 7.35. The van der Waals surface area contributed by atoms with Gasteiger partial charge in [-0.2, -0.15) is 0 Å². The lowest BCUT2D eigenvalue weighted by molar-refractivity contribution is 0.0132. The van der Waals surface area contributed by atoms with Crippen molar-refractivity contribution in [2.45, 2.75) is 12.5 Å². The Bertz CT molecular complexity index is 360. The molecule has 0 saturated carbocycles. The zero-order valence-corrected chi connectivity index (χ0v) is 10.3. The minimum absolute atomic E-state index is 0.132. The van der Waals surface area contributed by atoms with Gasteiger partial charge < -0.3 is 21.3 Å². The molecule has 1 rings (SSSR count). The standard InChI is InChI=1S/C10H14Cl2N2O2/c1-10(16,5-15)4-14-9-7(11)2-6(13)3-8(9)12/h2-3,14-16H,4-5,13H2,1H3. The van der Waals surface area contributed by atoms with Crippen LogP contribution in [0.1, 0.15) is 6.92 Å². The zero-order valence-electron chi connectivity index (χ0n) is 8.80. The Hall–Kier alpha value is -0.680. The van der Waals surface area contributed by atoms with Crippen LogP contribution in [-0.4, -0.2) is 29.0 Å². The zero-order chi connectivity index (χ0) is 12.3. The van der Waals surface area contributed by atoms with Gasteiger partial charge in [0.1, 0.15) is 5.60 Å². The molecule has 0 aliphatic rings. The van der Waals surface area contributed by atoms with Gasteiger partial charge in [-0.3, -0.25) is 0 Å². The van der Waals surface area contributed by atoms with Crippen LogP contribution in [0.3, 0.4) is 0 Å². The lowest BCUT2D eigenvalue weighted by atomic mass is 10.1. The molecule has 90 valence electrons. The third-order valence-corrected chi connectivity index (χ3v) is 2.65. The molecule has 0 aliphatic carbocycles. The van der Waals surface area contributed by atoms with Crippen LogP contribution in [0.5, 0.6) is 0 Å². The van der Waals surface area contributed by atoms with Gasteiger partial charge in [0.25, 0.3) is 0 Å². The van der Waals surface area contributed by atoms with Gasteiger partial charge >= 0.3 is 0 Å². The number of hydrogen-bond donors (Lipinski definition) is 4. The summed E-state index contributed by atoms with van der Waals surface area (Å²) in [4.78, 5) is 0. The number of hydrogen-bond acceptors (Lipinski definition) is 4. The van der Waals surface area contributed by atoms with Crippen LogP contribution in [0.4, 0.5) is 11.4 Å². The molecule has 0 bridgehead atoms. The Balaban J connectivity index is 2.82. The first-order valence-electron chi connectivity index (χ1n) is 4.67. The van der Waals surface area contributed by atoms with Gasteiger partial charge in [0, 0.05) is 12.2 Å². The van der Waals surface area contributed by atoms with Crippen LogP contribution in [0, 0.1) is 0 Å². The van der Waals surface area contributed by atoms with Crippen LogP contribution in [-0.2, 0) is 0 Å². The molecule has 1 atom stereocenters. The molecule has 0 saturated heterocycles. The van der Waals surface area contributed by atoms with Crippen molar-refractivity contribution in [2.75, 3.05) is 24.2 Å². The quantitative estimate of drug-likeness (QED) is 0.625. The van der Waals surface area contributed by atoms with Gasteiger partial charge in [0.15, 0.2) is 0 Å². The highest BCUT2D eigenvalue weighted by Gasteiger charge is 2.19. The van der Waals surface area contributed by atoms with Crippen molar-refractivity contribution in [3.8, 4) is 0 Å². The fourth-order valence-corrected chi connectivity index (χ4v) is 1.73. The van der Waals surface area contributed by atoms with E-state index in [1.165, 1.54) is 6.92 Å². The summed E-state index contributed by atoms with van der Waals surface area (Å²) >= 11 is 11.9.